The van der Waals surface area contributed by atoms with Crippen LogP contribution in [0.4, 0.5) is 5.69 Å². The summed E-state index contributed by atoms with van der Waals surface area (Å²) in [4.78, 5) is 12.2. The first-order valence-corrected chi connectivity index (χ1v) is 7.16. The van der Waals surface area contributed by atoms with Gasteiger partial charge in [0.05, 0.1) is 0 Å². The molecule has 1 aromatic carbocycles. The van der Waals surface area contributed by atoms with Crippen molar-refractivity contribution in [3.05, 3.63) is 28.2 Å². The molecule has 5 heteroatoms. The van der Waals surface area contributed by atoms with Gasteiger partial charge < -0.3 is 10.6 Å². The number of piperidine rings is 1. The van der Waals surface area contributed by atoms with E-state index in [-0.39, 0.29) is 24.2 Å². The van der Waals surface area contributed by atoms with E-state index >= 15 is 0 Å². The van der Waals surface area contributed by atoms with Crippen LogP contribution in [0.2, 0.25) is 0 Å². The largest absolute Gasteiger partial charge is 0.326 e. The Balaban J connectivity index is 0.00000180. The van der Waals surface area contributed by atoms with E-state index in [1.807, 2.05) is 25.1 Å². The highest BCUT2D eigenvalue weighted by atomic mass is 79.9. The molecule has 1 fully saturated rings. The van der Waals surface area contributed by atoms with Crippen molar-refractivity contribution in [2.45, 2.75) is 32.7 Å². The molecule has 106 valence electrons. The van der Waals surface area contributed by atoms with Gasteiger partial charge in [-0.2, -0.15) is 0 Å². The Kier molecular flexibility index (Phi) is 6.30. The fourth-order valence-corrected chi connectivity index (χ4v) is 2.66. The summed E-state index contributed by atoms with van der Waals surface area (Å²) in [6.45, 7) is 5.09. The zero-order valence-electron chi connectivity index (χ0n) is 11.2. The quantitative estimate of drug-likeness (QED) is 0.859. The van der Waals surface area contributed by atoms with Crippen molar-refractivity contribution >= 4 is 39.9 Å². The lowest BCUT2D eigenvalue weighted by molar-refractivity contribution is -0.120. The summed E-state index contributed by atoms with van der Waals surface area (Å²) in [7, 11) is 0. The summed E-state index contributed by atoms with van der Waals surface area (Å²) in [5, 5.41) is 6.36. The fourth-order valence-electron chi connectivity index (χ4n) is 2.28. The monoisotopic (exact) mass is 346 g/mol. The summed E-state index contributed by atoms with van der Waals surface area (Å²) in [6, 6.07) is 6.34. The first kappa shape index (κ1) is 16.5. The van der Waals surface area contributed by atoms with Crippen LogP contribution in [0, 0.1) is 12.8 Å². The molecule has 0 spiro atoms. The third-order valence-electron chi connectivity index (χ3n) is 3.43. The molecule has 1 aliphatic rings. The van der Waals surface area contributed by atoms with E-state index in [0.29, 0.717) is 6.04 Å². The van der Waals surface area contributed by atoms with E-state index in [1.54, 1.807) is 0 Å². The summed E-state index contributed by atoms with van der Waals surface area (Å²) in [5.74, 6) is 0.264. The molecule has 0 bridgehead atoms. The number of halogens is 2. The van der Waals surface area contributed by atoms with Crippen molar-refractivity contribution in [2.75, 3.05) is 11.9 Å². The van der Waals surface area contributed by atoms with Crippen molar-refractivity contribution in [3.8, 4) is 0 Å². The number of anilines is 1. The first-order valence-electron chi connectivity index (χ1n) is 6.36. The van der Waals surface area contributed by atoms with Gasteiger partial charge in [0.25, 0.3) is 0 Å². The van der Waals surface area contributed by atoms with Gasteiger partial charge >= 0.3 is 0 Å². The number of carbonyl (C=O) groups is 1. The highest BCUT2D eigenvalue weighted by molar-refractivity contribution is 9.10. The average Bonchev–Trinajstić information content (AvgIpc) is 2.34. The van der Waals surface area contributed by atoms with Crippen LogP contribution in [0.5, 0.6) is 0 Å². The molecule has 1 aromatic rings. The van der Waals surface area contributed by atoms with Crippen LogP contribution in [-0.2, 0) is 4.79 Å². The Morgan fingerprint density at radius 2 is 2.21 bits per heavy atom. The second-order valence-electron chi connectivity index (χ2n) is 5.03. The zero-order valence-corrected chi connectivity index (χ0v) is 13.6. The van der Waals surface area contributed by atoms with Crippen molar-refractivity contribution in [1.82, 2.24) is 5.32 Å². The minimum atomic E-state index is 0. The second kappa shape index (κ2) is 7.27. The van der Waals surface area contributed by atoms with Gasteiger partial charge in [0.1, 0.15) is 0 Å². The SMILES string of the molecule is Cc1ccc(NC(=O)[C@H]2CCN[C@@H](C)C2)cc1Br.Cl. The van der Waals surface area contributed by atoms with Gasteiger partial charge in [0, 0.05) is 22.1 Å². The Morgan fingerprint density at radius 3 is 2.84 bits per heavy atom. The topological polar surface area (TPSA) is 41.1 Å². The van der Waals surface area contributed by atoms with E-state index in [4.69, 9.17) is 0 Å². The first-order chi connectivity index (χ1) is 8.56. The van der Waals surface area contributed by atoms with E-state index in [2.05, 4.69) is 33.5 Å². The molecule has 2 atom stereocenters. The maximum Gasteiger partial charge on any atom is 0.227 e. The van der Waals surface area contributed by atoms with Gasteiger partial charge in [-0.1, -0.05) is 22.0 Å². The van der Waals surface area contributed by atoms with Crippen LogP contribution < -0.4 is 10.6 Å². The van der Waals surface area contributed by atoms with Gasteiger partial charge in [0.2, 0.25) is 5.91 Å². The second-order valence-corrected chi connectivity index (χ2v) is 5.88. The molecule has 1 aliphatic heterocycles. The summed E-state index contributed by atoms with van der Waals surface area (Å²) in [6.07, 6.45) is 1.84. The molecule has 2 rings (SSSR count). The lowest BCUT2D eigenvalue weighted by Crippen LogP contribution is -2.40. The Morgan fingerprint density at radius 1 is 1.47 bits per heavy atom. The zero-order chi connectivity index (χ0) is 13.1. The van der Waals surface area contributed by atoms with Crippen molar-refractivity contribution in [2.24, 2.45) is 5.92 Å². The number of carbonyl (C=O) groups excluding carboxylic acids is 1. The fraction of sp³-hybridized carbons (Fsp3) is 0.500. The Labute approximate surface area is 129 Å². The standard InChI is InChI=1S/C14H19BrN2O.ClH/c1-9-3-4-12(8-13(9)15)17-14(18)11-5-6-16-10(2)7-11;/h3-4,8,10-11,16H,5-7H2,1-2H3,(H,17,18);1H/t10-,11-;/m0./s1. The Hall–Kier alpha value is -0.580. The molecule has 0 aromatic heterocycles. The smallest absolute Gasteiger partial charge is 0.227 e. The predicted molar refractivity (Wildman–Crippen MR) is 84.9 cm³/mol. The lowest BCUT2D eigenvalue weighted by atomic mass is 9.92. The van der Waals surface area contributed by atoms with Gasteiger partial charge in [-0.25, -0.2) is 0 Å². The number of hydrogen-bond donors (Lipinski definition) is 2. The molecular weight excluding hydrogens is 328 g/mol. The average molecular weight is 348 g/mol. The van der Waals surface area contributed by atoms with E-state index in [1.165, 1.54) is 5.56 Å². The third-order valence-corrected chi connectivity index (χ3v) is 4.29. The van der Waals surface area contributed by atoms with Crippen LogP contribution in [0.3, 0.4) is 0 Å². The van der Waals surface area contributed by atoms with Crippen LogP contribution in [0.1, 0.15) is 25.3 Å². The number of benzene rings is 1. The molecule has 0 saturated carbocycles. The number of rotatable bonds is 2. The molecular formula is C14H20BrClN2O. The molecule has 2 N–H and O–H groups in total. The highest BCUT2D eigenvalue weighted by Gasteiger charge is 2.24. The maximum absolute atomic E-state index is 12.2. The summed E-state index contributed by atoms with van der Waals surface area (Å²) in [5.41, 5.74) is 2.03. The van der Waals surface area contributed by atoms with E-state index in [9.17, 15) is 4.79 Å². The number of nitrogens with one attached hydrogen (secondary N) is 2. The van der Waals surface area contributed by atoms with Gasteiger partial charge in [-0.3, -0.25) is 4.79 Å². The normalized spacial score (nSPS) is 22.5. The third kappa shape index (κ3) is 4.48. The molecule has 1 heterocycles. The van der Waals surface area contributed by atoms with Gasteiger partial charge in [0.15, 0.2) is 0 Å². The van der Waals surface area contributed by atoms with Crippen LogP contribution in [-0.4, -0.2) is 18.5 Å². The Bertz CT molecular complexity index is 453. The van der Waals surface area contributed by atoms with Crippen LogP contribution >= 0.6 is 28.3 Å². The lowest BCUT2D eigenvalue weighted by Gasteiger charge is -2.27. The molecule has 3 nitrogen and oxygen atoms in total. The van der Waals surface area contributed by atoms with E-state index < -0.39 is 0 Å². The molecule has 1 amide bonds. The highest BCUT2D eigenvalue weighted by Crippen LogP contribution is 2.23. The molecule has 0 radical (unpaired) electrons. The number of hydrogen-bond acceptors (Lipinski definition) is 2. The summed E-state index contributed by atoms with van der Waals surface area (Å²) < 4.78 is 1.03. The predicted octanol–water partition coefficient (Wildman–Crippen LogP) is 3.51. The van der Waals surface area contributed by atoms with Crippen LogP contribution in [0.25, 0.3) is 0 Å². The van der Waals surface area contributed by atoms with Crippen molar-refractivity contribution < 1.29 is 4.79 Å². The molecule has 0 aliphatic carbocycles. The number of amides is 1. The van der Waals surface area contributed by atoms with Gasteiger partial charge in [-0.05, 0) is 50.9 Å². The summed E-state index contributed by atoms with van der Waals surface area (Å²) >= 11 is 3.48. The molecule has 19 heavy (non-hydrogen) atoms. The van der Waals surface area contributed by atoms with Crippen LogP contribution in [0.15, 0.2) is 22.7 Å². The minimum absolute atomic E-state index is 0. The van der Waals surface area contributed by atoms with Crippen molar-refractivity contribution in [3.63, 3.8) is 0 Å². The number of aryl methyl sites for hydroxylation is 1. The molecule has 0 unspecified atom stereocenters. The van der Waals surface area contributed by atoms with E-state index in [0.717, 1.165) is 29.5 Å². The maximum atomic E-state index is 12.2. The molecule has 1 saturated heterocycles. The van der Waals surface area contributed by atoms with Gasteiger partial charge in [-0.15, -0.1) is 12.4 Å². The minimum Gasteiger partial charge on any atom is -0.326 e. The van der Waals surface area contributed by atoms with Crippen molar-refractivity contribution in [1.29, 1.82) is 0 Å².